The highest BCUT2D eigenvalue weighted by Gasteiger charge is 2.23. The van der Waals surface area contributed by atoms with Crippen molar-refractivity contribution in [3.63, 3.8) is 0 Å². The van der Waals surface area contributed by atoms with Gasteiger partial charge in [-0.2, -0.15) is 0 Å². The molecule has 0 saturated heterocycles. The van der Waals surface area contributed by atoms with E-state index < -0.39 is 10.0 Å². The summed E-state index contributed by atoms with van der Waals surface area (Å²) in [5, 5.41) is 3.44. The molecule has 0 radical (unpaired) electrons. The van der Waals surface area contributed by atoms with Gasteiger partial charge in [0.1, 0.15) is 4.21 Å². The number of nitrogens with zero attached hydrogens (tertiary/aromatic N) is 1. The number of rotatable bonds is 10. The highest BCUT2D eigenvalue weighted by atomic mass is 32.2. The highest BCUT2D eigenvalue weighted by molar-refractivity contribution is 7.91. The predicted molar refractivity (Wildman–Crippen MR) is 85.4 cm³/mol. The highest BCUT2D eigenvalue weighted by Crippen LogP contribution is 2.25. The molecule has 1 N–H and O–H groups in total. The number of ether oxygens (including phenoxy) is 1. The van der Waals surface area contributed by atoms with E-state index in [0.29, 0.717) is 29.8 Å². The van der Waals surface area contributed by atoms with Gasteiger partial charge >= 0.3 is 0 Å². The maximum Gasteiger partial charge on any atom is 0.252 e. The van der Waals surface area contributed by atoms with E-state index in [1.807, 2.05) is 6.07 Å². The van der Waals surface area contributed by atoms with Crippen molar-refractivity contribution in [3.05, 3.63) is 17.0 Å². The second-order valence-corrected chi connectivity index (χ2v) is 8.81. The Bertz CT molecular complexity index is 538. The van der Waals surface area contributed by atoms with Gasteiger partial charge < -0.3 is 10.1 Å². The van der Waals surface area contributed by atoms with Gasteiger partial charge in [-0.1, -0.05) is 0 Å². The maximum absolute atomic E-state index is 12.4. The first kappa shape index (κ1) is 16.9. The fourth-order valence-corrected chi connectivity index (χ4v) is 4.80. The molecule has 120 valence electrons. The fraction of sp³-hybridized carbons (Fsp3) is 0.714. The summed E-state index contributed by atoms with van der Waals surface area (Å²) in [4.78, 5) is 1.12. The molecule has 1 aliphatic carbocycles. The van der Waals surface area contributed by atoms with Gasteiger partial charge in [-0.3, -0.25) is 0 Å². The largest absolute Gasteiger partial charge is 0.385 e. The van der Waals surface area contributed by atoms with Crippen LogP contribution in [0.2, 0.25) is 0 Å². The second kappa shape index (κ2) is 7.69. The third kappa shape index (κ3) is 5.03. The molecule has 0 aromatic carbocycles. The summed E-state index contributed by atoms with van der Waals surface area (Å²) in [5.41, 5.74) is 0. The van der Waals surface area contributed by atoms with Gasteiger partial charge in [0.25, 0.3) is 10.0 Å². The lowest BCUT2D eigenvalue weighted by atomic mass is 10.3. The quantitative estimate of drug-likeness (QED) is 0.663. The van der Waals surface area contributed by atoms with Gasteiger partial charge in [-0.25, -0.2) is 12.7 Å². The van der Waals surface area contributed by atoms with Gasteiger partial charge in [-0.15, -0.1) is 11.3 Å². The van der Waals surface area contributed by atoms with E-state index >= 15 is 0 Å². The Morgan fingerprint density at radius 1 is 1.43 bits per heavy atom. The second-order valence-electron chi connectivity index (χ2n) is 5.37. The van der Waals surface area contributed by atoms with Crippen molar-refractivity contribution in [2.24, 2.45) is 0 Å². The number of nitrogens with one attached hydrogen (secondary N) is 1. The molecule has 1 saturated carbocycles. The molecular formula is C14H24N2O3S2. The molecule has 0 spiro atoms. The molecule has 5 nitrogen and oxygen atoms in total. The SMILES string of the molecule is COCCCN(C)S(=O)(=O)c1ccc(CCNC2CC2)s1. The number of sulfonamides is 1. The first-order valence-electron chi connectivity index (χ1n) is 7.31. The third-order valence-electron chi connectivity index (χ3n) is 3.50. The van der Waals surface area contributed by atoms with E-state index in [0.717, 1.165) is 17.8 Å². The van der Waals surface area contributed by atoms with Gasteiger partial charge in [-0.05, 0) is 37.8 Å². The molecule has 0 bridgehead atoms. The van der Waals surface area contributed by atoms with E-state index in [9.17, 15) is 8.42 Å². The Morgan fingerprint density at radius 2 is 2.19 bits per heavy atom. The summed E-state index contributed by atoms with van der Waals surface area (Å²) < 4.78 is 31.6. The molecule has 21 heavy (non-hydrogen) atoms. The van der Waals surface area contributed by atoms with Crippen LogP contribution in [0.15, 0.2) is 16.3 Å². The minimum absolute atomic E-state index is 0.434. The number of hydrogen-bond acceptors (Lipinski definition) is 5. The van der Waals surface area contributed by atoms with E-state index in [4.69, 9.17) is 4.74 Å². The lowest BCUT2D eigenvalue weighted by Crippen LogP contribution is -2.28. The van der Waals surface area contributed by atoms with Crippen LogP contribution in [0.1, 0.15) is 24.1 Å². The summed E-state index contributed by atoms with van der Waals surface area (Å²) in [6.07, 6.45) is 4.15. The summed E-state index contributed by atoms with van der Waals surface area (Å²) >= 11 is 1.38. The molecule has 1 aromatic rings. The number of methoxy groups -OCH3 is 1. The zero-order valence-electron chi connectivity index (χ0n) is 12.7. The average molecular weight is 332 g/mol. The van der Waals surface area contributed by atoms with E-state index in [1.54, 1.807) is 20.2 Å². The van der Waals surface area contributed by atoms with Crippen LogP contribution in [-0.4, -0.2) is 52.6 Å². The van der Waals surface area contributed by atoms with Crippen molar-refractivity contribution >= 4 is 21.4 Å². The maximum atomic E-state index is 12.4. The van der Waals surface area contributed by atoms with Crippen LogP contribution in [0, 0.1) is 0 Å². The third-order valence-corrected chi connectivity index (χ3v) is 6.97. The smallest absolute Gasteiger partial charge is 0.252 e. The average Bonchev–Trinajstić information content (AvgIpc) is 3.14. The summed E-state index contributed by atoms with van der Waals surface area (Å²) in [6, 6.07) is 4.34. The standard InChI is InChI=1S/C14H24N2O3S2/c1-16(10-3-11-19-2)21(17,18)14-7-6-13(20-14)8-9-15-12-4-5-12/h6-7,12,15H,3-5,8-11H2,1-2H3. The van der Waals surface area contributed by atoms with Gasteiger partial charge in [0.2, 0.25) is 0 Å². The normalized spacial score (nSPS) is 15.8. The molecule has 7 heteroatoms. The number of thiophene rings is 1. The van der Waals surface area contributed by atoms with Crippen molar-refractivity contribution < 1.29 is 13.2 Å². The van der Waals surface area contributed by atoms with E-state index in [1.165, 1.54) is 28.5 Å². The molecule has 1 aromatic heterocycles. The molecule has 0 aliphatic heterocycles. The lowest BCUT2D eigenvalue weighted by Gasteiger charge is -2.15. The van der Waals surface area contributed by atoms with Crippen LogP contribution in [0.4, 0.5) is 0 Å². The minimum Gasteiger partial charge on any atom is -0.385 e. The van der Waals surface area contributed by atoms with Gasteiger partial charge in [0.05, 0.1) is 0 Å². The van der Waals surface area contributed by atoms with Gasteiger partial charge in [0.15, 0.2) is 0 Å². The molecule has 0 atom stereocenters. The van der Waals surface area contributed by atoms with Crippen LogP contribution < -0.4 is 5.32 Å². The van der Waals surface area contributed by atoms with Crippen LogP contribution >= 0.6 is 11.3 Å². The molecule has 1 heterocycles. The molecule has 2 rings (SSSR count). The molecule has 1 aliphatic rings. The minimum atomic E-state index is -3.35. The number of hydrogen-bond donors (Lipinski definition) is 1. The summed E-state index contributed by atoms with van der Waals surface area (Å²) in [5.74, 6) is 0. The first-order valence-corrected chi connectivity index (χ1v) is 9.57. The Kier molecular flexibility index (Phi) is 6.19. The first-order chi connectivity index (χ1) is 10.0. The Morgan fingerprint density at radius 3 is 2.86 bits per heavy atom. The van der Waals surface area contributed by atoms with Crippen molar-refractivity contribution in [1.29, 1.82) is 0 Å². The van der Waals surface area contributed by atoms with Crippen LogP contribution in [0.25, 0.3) is 0 Å². The molecule has 0 unspecified atom stereocenters. The summed E-state index contributed by atoms with van der Waals surface area (Å²) in [6.45, 7) is 1.98. The molecule has 0 amide bonds. The topological polar surface area (TPSA) is 58.6 Å². The van der Waals surface area contributed by atoms with Crippen LogP contribution in [-0.2, 0) is 21.2 Å². The fourth-order valence-electron chi connectivity index (χ4n) is 2.02. The molecular weight excluding hydrogens is 308 g/mol. The van der Waals surface area contributed by atoms with Gasteiger partial charge in [0, 0.05) is 44.8 Å². The zero-order chi connectivity index (χ0) is 15.3. The van der Waals surface area contributed by atoms with Crippen LogP contribution in [0.3, 0.4) is 0 Å². The monoisotopic (exact) mass is 332 g/mol. The predicted octanol–water partition coefficient (Wildman–Crippen LogP) is 1.70. The Labute approximate surface area is 131 Å². The van der Waals surface area contributed by atoms with Crippen molar-refractivity contribution in [2.75, 3.05) is 33.9 Å². The Balaban J connectivity index is 1.87. The van der Waals surface area contributed by atoms with Crippen molar-refractivity contribution in [3.8, 4) is 0 Å². The van der Waals surface area contributed by atoms with Crippen molar-refractivity contribution in [2.45, 2.75) is 35.9 Å². The zero-order valence-corrected chi connectivity index (χ0v) is 14.3. The van der Waals surface area contributed by atoms with Crippen molar-refractivity contribution in [1.82, 2.24) is 9.62 Å². The lowest BCUT2D eigenvalue weighted by molar-refractivity contribution is 0.189. The molecule has 1 fully saturated rings. The van der Waals surface area contributed by atoms with Crippen LogP contribution in [0.5, 0.6) is 0 Å². The summed E-state index contributed by atoms with van der Waals surface area (Å²) in [7, 11) is -0.107. The van der Waals surface area contributed by atoms with E-state index in [2.05, 4.69) is 5.32 Å². The van der Waals surface area contributed by atoms with E-state index in [-0.39, 0.29) is 0 Å². The Hall–Kier alpha value is -0.470.